The normalized spacial score (nSPS) is 10.8. The number of benzene rings is 2. The minimum atomic E-state index is 0.722. The van der Waals surface area contributed by atoms with Gasteiger partial charge in [0.1, 0.15) is 11.4 Å². The summed E-state index contributed by atoms with van der Waals surface area (Å²) < 4.78 is 1.06. The zero-order valence-electron chi connectivity index (χ0n) is 9.88. The average Bonchev–Trinajstić information content (AvgIpc) is 2.42. The molecule has 1 aromatic heterocycles. The summed E-state index contributed by atoms with van der Waals surface area (Å²) in [5.41, 5.74) is 7.46. The van der Waals surface area contributed by atoms with Gasteiger partial charge in [0, 0.05) is 20.4 Å². The molecule has 0 aliphatic carbocycles. The summed E-state index contributed by atoms with van der Waals surface area (Å²) in [6.45, 7) is 0. The molecule has 0 unspecified atom stereocenters. The zero-order valence-corrected chi connectivity index (χ0v) is 12.3. The number of nitrogens with zero attached hydrogens (tertiary/aromatic N) is 2. The van der Waals surface area contributed by atoms with Crippen LogP contribution >= 0.6 is 27.7 Å². The third-order valence-electron chi connectivity index (χ3n) is 2.65. The molecule has 3 rings (SSSR count). The Hall–Kier alpha value is -1.59. The smallest absolute Gasteiger partial charge is 0.117 e. The van der Waals surface area contributed by atoms with Crippen molar-refractivity contribution in [3.63, 3.8) is 0 Å². The molecule has 0 spiro atoms. The molecule has 0 amide bonds. The molecule has 5 heteroatoms. The lowest BCUT2D eigenvalue weighted by Crippen LogP contribution is -1.90. The van der Waals surface area contributed by atoms with Gasteiger partial charge < -0.3 is 5.73 Å². The maximum absolute atomic E-state index is 5.84. The van der Waals surface area contributed by atoms with Crippen molar-refractivity contribution < 1.29 is 0 Å². The van der Waals surface area contributed by atoms with Crippen LogP contribution < -0.4 is 5.73 Å². The Morgan fingerprint density at radius 2 is 1.79 bits per heavy atom. The van der Waals surface area contributed by atoms with Crippen LogP contribution in [0, 0.1) is 0 Å². The fourth-order valence-electron chi connectivity index (χ4n) is 1.75. The number of anilines is 1. The highest BCUT2D eigenvalue weighted by atomic mass is 79.9. The molecule has 3 nitrogen and oxygen atoms in total. The molecule has 0 radical (unpaired) electrons. The van der Waals surface area contributed by atoms with E-state index in [0.717, 1.165) is 31.0 Å². The van der Waals surface area contributed by atoms with Crippen LogP contribution in [0.2, 0.25) is 0 Å². The van der Waals surface area contributed by atoms with Gasteiger partial charge >= 0.3 is 0 Å². The van der Waals surface area contributed by atoms with E-state index < -0.39 is 0 Å². The van der Waals surface area contributed by atoms with Crippen LogP contribution in [-0.2, 0) is 0 Å². The number of rotatable bonds is 2. The maximum atomic E-state index is 5.84. The second-order valence-electron chi connectivity index (χ2n) is 4.01. The van der Waals surface area contributed by atoms with Crippen LogP contribution in [0.4, 0.5) is 5.69 Å². The molecule has 0 saturated heterocycles. The van der Waals surface area contributed by atoms with Crippen molar-refractivity contribution in [2.75, 3.05) is 5.73 Å². The van der Waals surface area contributed by atoms with E-state index in [2.05, 4.69) is 38.0 Å². The van der Waals surface area contributed by atoms with Crippen molar-refractivity contribution in [2.24, 2.45) is 0 Å². The second kappa shape index (κ2) is 5.19. The van der Waals surface area contributed by atoms with Crippen molar-refractivity contribution >= 4 is 44.3 Å². The summed E-state index contributed by atoms with van der Waals surface area (Å²) in [7, 11) is 0. The van der Waals surface area contributed by atoms with E-state index in [0.29, 0.717) is 0 Å². The maximum Gasteiger partial charge on any atom is 0.117 e. The fourth-order valence-corrected chi connectivity index (χ4v) is 2.88. The molecule has 2 N–H and O–H groups in total. The minimum Gasteiger partial charge on any atom is -0.399 e. The summed E-state index contributed by atoms with van der Waals surface area (Å²) in [6, 6.07) is 13.8. The number of nitrogens with two attached hydrogens (primary N) is 1. The summed E-state index contributed by atoms with van der Waals surface area (Å²) in [4.78, 5) is 9.73. The lowest BCUT2D eigenvalue weighted by atomic mass is 10.2. The standard InChI is InChI=1S/C14H10BrN3S/c15-9-1-4-11(5-2-9)19-14-12-7-10(16)3-6-13(12)17-8-18-14/h1-8H,16H2. The molecule has 0 aliphatic rings. The third-order valence-corrected chi connectivity index (χ3v) is 4.21. The Kier molecular flexibility index (Phi) is 3.40. The molecule has 0 atom stereocenters. The van der Waals surface area contributed by atoms with Gasteiger partial charge in [0.2, 0.25) is 0 Å². The highest BCUT2D eigenvalue weighted by Gasteiger charge is 2.06. The average molecular weight is 332 g/mol. The monoisotopic (exact) mass is 331 g/mol. The van der Waals surface area contributed by atoms with E-state index in [1.54, 1.807) is 18.1 Å². The molecule has 94 valence electrons. The van der Waals surface area contributed by atoms with Crippen molar-refractivity contribution in [3.8, 4) is 0 Å². The number of nitrogen functional groups attached to an aromatic ring is 1. The topological polar surface area (TPSA) is 51.8 Å². The molecular formula is C14H10BrN3S. The molecule has 1 heterocycles. The number of hydrogen-bond donors (Lipinski definition) is 1. The number of halogens is 1. The first-order valence-electron chi connectivity index (χ1n) is 5.66. The highest BCUT2D eigenvalue weighted by molar-refractivity contribution is 9.10. The molecular weight excluding hydrogens is 322 g/mol. The van der Waals surface area contributed by atoms with Gasteiger partial charge in [-0.2, -0.15) is 0 Å². The highest BCUT2D eigenvalue weighted by Crippen LogP contribution is 2.32. The lowest BCUT2D eigenvalue weighted by Gasteiger charge is -2.05. The summed E-state index contributed by atoms with van der Waals surface area (Å²) >= 11 is 5.04. The van der Waals surface area contributed by atoms with Gasteiger partial charge in [-0.25, -0.2) is 9.97 Å². The molecule has 19 heavy (non-hydrogen) atoms. The molecule has 3 aromatic rings. The molecule has 2 aromatic carbocycles. The van der Waals surface area contributed by atoms with Crippen molar-refractivity contribution in [1.82, 2.24) is 9.97 Å². The second-order valence-corrected chi connectivity index (χ2v) is 5.99. The van der Waals surface area contributed by atoms with E-state index in [9.17, 15) is 0 Å². The Labute approximate surface area is 123 Å². The van der Waals surface area contributed by atoms with Gasteiger partial charge in [0.05, 0.1) is 5.52 Å². The molecule has 0 fully saturated rings. The largest absolute Gasteiger partial charge is 0.399 e. The van der Waals surface area contributed by atoms with Crippen molar-refractivity contribution in [1.29, 1.82) is 0 Å². The third kappa shape index (κ3) is 2.72. The minimum absolute atomic E-state index is 0.722. The van der Waals surface area contributed by atoms with Crippen molar-refractivity contribution in [3.05, 3.63) is 53.3 Å². The van der Waals surface area contributed by atoms with Gasteiger partial charge in [0.25, 0.3) is 0 Å². The van der Waals surface area contributed by atoms with Crippen molar-refractivity contribution in [2.45, 2.75) is 9.92 Å². The Morgan fingerprint density at radius 1 is 1.00 bits per heavy atom. The van der Waals surface area contributed by atoms with Crippen LogP contribution in [0.15, 0.2) is 63.2 Å². The van der Waals surface area contributed by atoms with Crippen LogP contribution in [-0.4, -0.2) is 9.97 Å². The first-order chi connectivity index (χ1) is 9.22. The summed E-state index contributed by atoms with van der Waals surface area (Å²) in [5.74, 6) is 0. The predicted molar refractivity (Wildman–Crippen MR) is 82.2 cm³/mol. The first kappa shape index (κ1) is 12.4. The Balaban J connectivity index is 2.05. The fraction of sp³-hybridized carbons (Fsp3) is 0. The molecule has 0 bridgehead atoms. The predicted octanol–water partition coefficient (Wildman–Crippen LogP) is 4.13. The van der Waals surface area contributed by atoms with E-state index in [1.807, 2.05) is 30.3 Å². The zero-order chi connectivity index (χ0) is 13.2. The van der Waals surface area contributed by atoms with Gasteiger partial charge in [-0.15, -0.1) is 0 Å². The van der Waals surface area contributed by atoms with E-state index in [-0.39, 0.29) is 0 Å². The van der Waals surface area contributed by atoms with E-state index in [1.165, 1.54) is 0 Å². The first-order valence-corrected chi connectivity index (χ1v) is 7.27. The number of hydrogen-bond acceptors (Lipinski definition) is 4. The Morgan fingerprint density at radius 3 is 2.58 bits per heavy atom. The van der Waals surface area contributed by atoms with Crippen LogP contribution in [0.3, 0.4) is 0 Å². The summed E-state index contributed by atoms with van der Waals surface area (Å²) in [5, 5.41) is 1.90. The quantitative estimate of drug-likeness (QED) is 0.566. The van der Waals surface area contributed by atoms with Gasteiger partial charge in [-0.1, -0.05) is 27.7 Å². The number of aromatic nitrogens is 2. The van der Waals surface area contributed by atoms with Gasteiger partial charge in [0.15, 0.2) is 0 Å². The summed E-state index contributed by atoms with van der Waals surface area (Å²) in [6.07, 6.45) is 1.58. The Bertz CT molecular complexity index is 728. The SMILES string of the molecule is Nc1ccc2ncnc(Sc3ccc(Br)cc3)c2c1. The molecule has 0 saturated carbocycles. The number of fused-ring (bicyclic) bond motifs is 1. The van der Waals surface area contributed by atoms with Crippen LogP contribution in [0.25, 0.3) is 10.9 Å². The van der Waals surface area contributed by atoms with E-state index in [4.69, 9.17) is 5.73 Å². The van der Waals surface area contributed by atoms with Gasteiger partial charge in [-0.05, 0) is 42.5 Å². The lowest BCUT2D eigenvalue weighted by molar-refractivity contribution is 1.10. The van der Waals surface area contributed by atoms with Crippen LogP contribution in [0.1, 0.15) is 0 Å². The van der Waals surface area contributed by atoms with Gasteiger partial charge in [-0.3, -0.25) is 0 Å². The van der Waals surface area contributed by atoms with E-state index >= 15 is 0 Å². The molecule has 0 aliphatic heterocycles. The van der Waals surface area contributed by atoms with Crippen LogP contribution in [0.5, 0.6) is 0 Å².